The first-order valence-electron chi connectivity index (χ1n) is 9.76. The molecule has 1 aromatic carbocycles. The molecule has 1 aliphatic heterocycles. The summed E-state index contributed by atoms with van der Waals surface area (Å²) in [6, 6.07) is 9.69. The third kappa shape index (κ3) is 3.77. The molecule has 0 radical (unpaired) electrons. The van der Waals surface area contributed by atoms with Crippen LogP contribution in [0.1, 0.15) is 31.7 Å². The lowest BCUT2D eigenvalue weighted by Gasteiger charge is -2.42. The van der Waals surface area contributed by atoms with E-state index >= 15 is 0 Å². The molecule has 4 rings (SSSR count). The molecule has 1 aliphatic rings. The van der Waals surface area contributed by atoms with Crippen molar-refractivity contribution in [1.29, 1.82) is 0 Å². The highest BCUT2D eigenvalue weighted by molar-refractivity contribution is 6.43. The minimum atomic E-state index is 0.187. The number of halogens is 2. The van der Waals surface area contributed by atoms with Crippen molar-refractivity contribution in [2.45, 2.75) is 31.6 Å². The molecule has 1 fully saturated rings. The predicted molar refractivity (Wildman–Crippen MR) is 120 cm³/mol. The van der Waals surface area contributed by atoms with Crippen LogP contribution in [0.15, 0.2) is 48.9 Å². The summed E-state index contributed by atoms with van der Waals surface area (Å²) in [5, 5.41) is 0.906. The van der Waals surface area contributed by atoms with E-state index in [0.29, 0.717) is 27.1 Å². The Labute approximate surface area is 180 Å². The van der Waals surface area contributed by atoms with Gasteiger partial charge in [0.05, 0.1) is 16.2 Å². The second-order valence-electron chi connectivity index (χ2n) is 7.42. The molecular formula is C22H23Cl2N5. The zero-order valence-corrected chi connectivity index (χ0v) is 17.8. The number of aromatic nitrogens is 3. The summed E-state index contributed by atoms with van der Waals surface area (Å²) < 4.78 is 0. The molecule has 0 aliphatic carbocycles. The number of hydrogen-bond donors (Lipinski definition) is 1. The maximum atomic E-state index is 6.32. The third-order valence-electron chi connectivity index (χ3n) is 6.01. The molecule has 0 bridgehead atoms. The van der Waals surface area contributed by atoms with Crippen LogP contribution in [0.3, 0.4) is 0 Å². The van der Waals surface area contributed by atoms with Gasteiger partial charge in [0.15, 0.2) is 5.82 Å². The van der Waals surface area contributed by atoms with E-state index in [1.807, 2.05) is 24.5 Å². The monoisotopic (exact) mass is 427 g/mol. The number of piperidine rings is 1. The van der Waals surface area contributed by atoms with E-state index in [1.165, 1.54) is 5.56 Å². The van der Waals surface area contributed by atoms with Gasteiger partial charge in [-0.25, -0.2) is 9.97 Å². The van der Waals surface area contributed by atoms with Crippen molar-refractivity contribution < 1.29 is 0 Å². The SMILES string of the molecule is CCC1(c2ccncc2)CCN(c2cnc(-c3cccc(Cl)c3Cl)c(N)n2)CC1. The summed E-state index contributed by atoms with van der Waals surface area (Å²) in [6.45, 7) is 4.07. The lowest BCUT2D eigenvalue weighted by Crippen LogP contribution is -2.42. The van der Waals surface area contributed by atoms with Gasteiger partial charge in [0.1, 0.15) is 11.5 Å². The maximum Gasteiger partial charge on any atom is 0.152 e. The average molecular weight is 428 g/mol. The summed E-state index contributed by atoms with van der Waals surface area (Å²) in [6.07, 6.45) is 8.74. The second kappa shape index (κ2) is 8.17. The molecule has 1 saturated heterocycles. The largest absolute Gasteiger partial charge is 0.382 e. The Hall–Kier alpha value is -2.37. The van der Waals surface area contributed by atoms with Crippen molar-refractivity contribution in [3.63, 3.8) is 0 Å². The zero-order chi connectivity index (χ0) is 20.4. The number of nitrogen functional groups attached to an aromatic ring is 1. The van der Waals surface area contributed by atoms with Crippen LogP contribution in [-0.4, -0.2) is 28.0 Å². The topological polar surface area (TPSA) is 67.9 Å². The number of nitrogens with two attached hydrogens (primary N) is 1. The fourth-order valence-corrected chi connectivity index (χ4v) is 4.55. The molecule has 0 unspecified atom stereocenters. The zero-order valence-electron chi connectivity index (χ0n) is 16.3. The first kappa shape index (κ1) is 19.9. The van der Waals surface area contributed by atoms with Crippen LogP contribution in [0.2, 0.25) is 10.0 Å². The predicted octanol–water partition coefficient (Wildman–Crippen LogP) is 5.38. The summed E-state index contributed by atoms with van der Waals surface area (Å²) in [7, 11) is 0. The fraction of sp³-hybridized carbons (Fsp3) is 0.318. The molecule has 0 spiro atoms. The molecule has 150 valence electrons. The minimum absolute atomic E-state index is 0.187. The van der Waals surface area contributed by atoms with Crippen LogP contribution >= 0.6 is 23.2 Å². The summed E-state index contributed by atoms with van der Waals surface area (Å²) in [5.74, 6) is 1.15. The van der Waals surface area contributed by atoms with Gasteiger partial charge in [-0.15, -0.1) is 0 Å². The average Bonchev–Trinajstić information content (AvgIpc) is 2.76. The van der Waals surface area contributed by atoms with Crippen LogP contribution in [0, 0.1) is 0 Å². The van der Waals surface area contributed by atoms with Gasteiger partial charge >= 0.3 is 0 Å². The van der Waals surface area contributed by atoms with Crippen LogP contribution in [0.5, 0.6) is 0 Å². The van der Waals surface area contributed by atoms with Crippen molar-refractivity contribution in [1.82, 2.24) is 15.0 Å². The number of rotatable bonds is 4. The van der Waals surface area contributed by atoms with Crippen molar-refractivity contribution in [2.75, 3.05) is 23.7 Å². The minimum Gasteiger partial charge on any atom is -0.382 e. The Morgan fingerprint density at radius 3 is 2.48 bits per heavy atom. The number of pyridine rings is 1. The molecule has 7 heteroatoms. The molecular weight excluding hydrogens is 405 g/mol. The van der Waals surface area contributed by atoms with Gasteiger partial charge in [0.25, 0.3) is 0 Å². The summed E-state index contributed by atoms with van der Waals surface area (Å²) >= 11 is 12.5. The van der Waals surface area contributed by atoms with Gasteiger partial charge in [0, 0.05) is 31.0 Å². The molecule has 2 N–H and O–H groups in total. The van der Waals surface area contributed by atoms with E-state index in [9.17, 15) is 0 Å². The van der Waals surface area contributed by atoms with Crippen molar-refractivity contribution in [3.05, 3.63) is 64.5 Å². The smallest absolute Gasteiger partial charge is 0.152 e. The quantitative estimate of drug-likeness (QED) is 0.605. The van der Waals surface area contributed by atoms with Gasteiger partial charge in [-0.3, -0.25) is 4.98 Å². The lowest BCUT2D eigenvalue weighted by atomic mass is 9.71. The van der Waals surface area contributed by atoms with Crippen LogP contribution in [-0.2, 0) is 5.41 Å². The Morgan fingerprint density at radius 2 is 1.83 bits per heavy atom. The van der Waals surface area contributed by atoms with E-state index in [1.54, 1.807) is 12.3 Å². The Bertz CT molecular complexity index is 1000. The lowest BCUT2D eigenvalue weighted by molar-refractivity contribution is 0.319. The number of nitrogens with zero attached hydrogens (tertiary/aromatic N) is 4. The second-order valence-corrected chi connectivity index (χ2v) is 8.21. The fourth-order valence-electron chi connectivity index (χ4n) is 4.16. The standard InChI is InChI=1S/C22H23Cl2N5/c1-2-22(15-6-10-26-11-7-15)8-12-29(13-9-22)18-14-27-20(21(25)28-18)16-4-3-5-17(23)19(16)24/h3-7,10-11,14H,2,8-9,12-13H2,1H3,(H2,25,28). The number of hydrogen-bond acceptors (Lipinski definition) is 5. The van der Waals surface area contributed by atoms with Crippen LogP contribution in [0.4, 0.5) is 11.6 Å². The molecule has 2 aromatic heterocycles. The molecule has 0 atom stereocenters. The number of benzene rings is 1. The van der Waals surface area contributed by atoms with Gasteiger partial charge in [-0.2, -0.15) is 0 Å². The molecule has 5 nitrogen and oxygen atoms in total. The Morgan fingerprint density at radius 1 is 1.10 bits per heavy atom. The molecule has 0 saturated carbocycles. The Kier molecular flexibility index (Phi) is 5.61. The highest BCUT2D eigenvalue weighted by Gasteiger charge is 2.35. The van der Waals surface area contributed by atoms with Gasteiger partial charge in [0.2, 0.25) is 0 Å². The van der Waals surface area contributed by atoms with Gasteiger partial charge < -0.3 is 10.6 Å². The maximum absolute atomic E-state index is 6.32. The highest BCUT2D eigenvalue weighted by atomic mass is 35.5. The normalized spacial score (nSPS) is 16.0. The first-order valence-corrected chi connectivity index (χ1v) is 10.5. The van der Waals surface area contributed by atoms with Crippen molar-refractivity contribution in [3.8, 4) is 11.3 Å². The van der Waals surface area contributed by atoms with Gasteiger partial charge in [-0.1, -0.05) is 42.3 Å². The van der Waals surface area contributed by atoms with E-state index in [4.69, 9.17) is 28.9 Å². The van der Waals surface area contributed by atoms with Gasteiger partial charge in [-0.05, 0) is 48.4 Å². The van der Waals surface area contributed by atoms with Crippen LogP contribution < -0.4 is 10.6 Å². The van der Waals surface area contributed by atoms with Crippen LogP contribution in [0.25, 0.3) is 11.3 Å². The molecule has 0 amide bonds. The van der Waals surface area contributed by atoms with E-state index in [-0.39, 0.29) is 5.41 Å². The first-order chi connectivity index (χ1) is 14.0. The number of anilines is 2. The third-order valence-corrected chi connectivity index (χ3v) is 6.83. The highest BCUT2D eigenvalue weighted by Crippen LogP contribution is 2.40. The summed E-state index contributed by atoms with van der Waals surface area (Å²) in [4.78, 5) is 15.6. The van der Waals surface area contributed by atoms with Crippen molar-refractivity contribution in [2.24, 2.45) is 0 Å². The van der Waals surface area contributed by atoms with E-state index in [2.05, 4.69) is 38.9 Å². The van der Waals surface area contributed by atoms with E-state index < -0.39 is 0 Å². The van der Waals surface area contributed by atoms with E-state index in [0.717, 1.165) is 38.2 Å². The van der Waals surface area contributed by atoms with Crippen molar-refractivity contribution >= 4 is 34.8 Å². The molecule has 29 heavy (non-hydrogen) atoms. The summed E-state index contributed by atoms with van der Waals surface area (Å²) in [5.41, 5.74) is 9.04. The molecule has 3 aromatic rings. The Balaban J connectivity index is 1.55. The molecule has 3 heterocycles.